The Hall–Kier alpha value is -1.39. The Kier molecular flexibility index (Phi) is 7.86. The molecule has 0 atom stereocenters. The fourth-order valence-electron chi connectivity index (χ4n) is 1.50. The minimum absolute atomic E-state index is 0.180. The number of rotatable bonds is 9. The van der Waals surface area contributed by atoms with E-state index < -0.39 is 0 Å². The van der Waals surface area contributed by atoms with Crippen LogP contribution in [0.25, 0.3) is 0 Å². The lowest BCUT2D eigenvalue weighted by Gasteiger charge is -2.07. The molecular weight excluding hydrogens is 242 g/mol. The van der Waals surface area contributed by atoms with Crippen LogP contribution in [0.4, 0.5) is 0 Å². The van der Waals surface area contributed by atoms with Gasteiger partial charge in [0.05, 0.1) is 13.2 Å². The number of aryl methyl sites for hydroxylation is 1. The van der Waals surface area contributed by atoms with Gasteiger partial charge in [0.1, 0.15) is 6.61 Å². The SMILES string of the molecule is CCC(=O)OCCOCCNCc1ccc(C)cc1. The summed E-state index contributed by atoms with van der Waals surface area (Å²) in [6.45, 7) is 6.90. The van der Waals surface area contributed by atoms with Crippen LogP contribution in [0.5, 0.6) is 0 Å². The molecule has 1 N–H and O–H groups in total. The molecule has 0 unspecified atom stereocenters. The first-order valence-electron chi connectivity index (χ1n) is 6.72. The van der Waals surface area contributed by atoms with Crippen LogP contribution >= 0.6 is 0 Å². The van der Waals surface area contributed by atoms with Crippen LogP contribution in [0, 0.1) is 6.92 Å². The fraction of sp³-hybridized carbons (Fsp3) is 0.533. The van der Waals surface area contributed by atoms with E-state index in [2.05, 4.69) is 36.5 Å². The lowest BCUT2D eigenvalue weighted by atomic mass is 10.1. The van der Waals surface area contributed by atoms with Gasteiger partial charge in [0.25, 0.3) is 0 Å². The smallest absolute Gasteiger partial charge is 0.305 e. The summed E-state index contributed by atoms with van der Waals surface area (Å²) in [4.78, 5) is 10.8. The molecule has 4 heteroatoms. The monoisotopic (exact) mass is 265 g/mol. The van der Waals surface area contributed by atoms with Crippen molar-refractivity contribution < 1.29 is 14.3 Å². The standard InChI is InChI=1S/C15H23NO3/c1-3-15(17)19-11-10-18-9-8-16-12-14-6-4-13(2)5-7-14/h4-7,16H,3,8-12H2,1-2H3. The maximum Gasteiger partial charge on any atom is 0.305 e. The van der Waals surface area contributed by atoms with Gasteiger partial charge in [-0.1, -0.05) is 36.8 Å². The molecule has 0 saturated carbocycles. The van der Waals surface area contributed by atoms with E-state index in [9.17, 15) is 4.79 Å². The summed E-state index contributed by atoms with van der Waals surface area (Å²) < 4.78 is 10.2. The minimum Gasteiger partial charge on any atom is -0.463 e. The molecule has 0 bridgehead atoms. The van der Waals surface area contributed by atoms with Crippen molar-refractivity contribution >= 4 is 5.97 Å². The highest BCUT2D eigenvalue weighted by Crippen LogP contribution is 2.01. The molecule has 4 nitrogen and oxygen atoms in total. The molecule has 0 aliphatic carbocycles. The molecule has 0 radical (unpaired) electrons. The average Bonchev–Trinajstić information content (AvgIpc) is 2.43. The van der Waals surface area contributed by atoms with E-state index in [1.54, 1.807) is 6.92 Å². The quantitative estimate of drug-likeness (QED) is 0.548. The van der Waals surface area contributed by atoms with Gasteiger partial charge in [-0.25, -0.2) is 0 Å². The summed E-state index contributed by atoms with van der Waals surface area (Å²) in [6.07, 6.45) is 0.415. The normalized spacial score (nSPS) is 10.4. The molecule has 1 rings (SSSR count). The number of nitrogens with one attached hydrogen (secondary N) is 1. The van der Waals surface area contributed by atoms with E-state index in [4.69, 9.17) is 9.47 Å². The zero-order chi connectivity index (χ0) is 13.9. The topological polar surface area (TPSA) is 47.6 Å². The largest absolute Gasteiger partial charge is 0.463 e. The van der Waals surface area contributed by atoms with Gasteiger partial charge in [-0.05, 0) is 12.5 Å². The summed E-state index contributed by atoms with van der Waals surface area (Å²) in [5.41, 5.74) is 2.54. The predicted octanol–water partition coefficient (Wildman–Crippen LogP) is 2.05. The zero-order valence-corrected chi connectivity index (χ0v) is 11.8. The Bertz CT molecular complexity index is 362. The van der Waals surface area contributed by atoms with Gasteiger partial charge < -0.3 is 14.8 Å². The molecular formula is C15H23NO3. The zero-order valence-electron chi connectivity index (χ0n) is 11.8. The van der Waals surface area contributed by atoms with Gasteiger partial charge in [-0.15, -0.1) is 0 Å². The molecule has 1 aromatic rings. The van der Waals surface area contributed by atoms with Crippen LogP contribution in [-0.2, 0) is 20.8 Å². The van der Waals surface area contributed by atoms with Crippen molar-refractivity contribution in [3.05, 3.63) is 35.4 Å². The van der Waals surface area contributed by atoms with Gasteiger partial charge in [0.15, 0.2) is 0 Å². The van der Waals surface area contributed by atoms with E-state index in [-0.39, 0.29) is 5.97 Å². The van der Waals surface area contributed by atoms with Crippen molar-refractivity contribution in [2.45, 2.75) is 26.8 Å². The van der Waals surface area contributed by atoms with Gasteiger partial charge in [-0.3, -0.25) is 4.79 Å². The Morgan fingerprint density at radius 1 is 1.16 bits per heavy atom. The van der Waals surface area contributed by atoms with Gasteiger partial charge in [0.2, 0.25) is 0 Å². The predicted molar refractivity (Wildman–Crippen MR) is 75.0 cm³/mol. The second-order valence-electron chi connectivity index (χ2n) is 4.35. The van der Waals surface area contributed by atoms with Crippen molar-refractivity contribution in [3.8, 4) is 0 Å². The van der Waals surface area contributed by atoms with Crippen LogP contribution in [0.15, 0.2) is 24.3 Å². The Morgan fingerprint density at radius 2 is 1.89 bits per heavy atom. The maximum absolute atomic E-state index is 10.8. The Labute approximate surface area is 115 Å². The molecule has 1 aromatic carbocycles. The number of carbonyl (C=O) groups is 1. The molecule has 0 heterocycles. The van der Waals surface area contributed by atoms with Crippen LogP contribution < -0.4 is 5.32 Å². The average molecular weight is 265 g/mol. The third-order valence-corrected chi connectivity index (χ3v) is 2.65. The van der Waals surface area contributed by atoms with E-state index in [0.717, 1.165) is 13.1 Å². The van der Waals surface area contributed by atoms with Crippen molar-refractivity contribution in [3.63, 3.8) is 0 Å². The molecule has 0 aliphatic rings. The molecule has 0 amide bonds. The second kappa shape index (κ2) is 9.53. The van der Waals surface area contributed by atoms with Crippen LogP contribution in [-0.4, -0.2) is 32.3 Å². The second-order valence-corrected chi connectivity index (χ2v) is 4.35. The summed E-state index contributed by atoms with van der Waals surface area (Å²) >= 11 is 0. The Balaban J connectivity index is 1.94. The third kappa shape index (κ3) is 7.59. The first kappa shape index (κ1) is 15.7. The molecule has 0 aliphatic heterocycles. The van der Waals surface area contributed by atoms with Gasteiger partial charge in [0, 0.05) is 19.5 Å². The van der Waals surface area contributed by atoms with E-state index in [0.29, 0.717) is 26.2 Å². The molecule has 0 spiro atoms. The lowest BCUT2D eigenvalue weighted by molar-refractivity contribution is -0.144. The number of benzene rings is 1. The van der Waals surface area contributed by atoms with Crippen LogP contribution in [0.2, 0.25) is 0 Å². The van der Waals surface area contributed by atoms with Gasteiger partial charge >= 0.3 is 5.97 Å². The first-order chi connectivity index (χ1) is 9.22. The summed E-state index contributed by atoms with van der Waals surface area (Å²) in [6, 6.07) is 8.45. The highest BCUT2D eigenvalue weighted by atomic mass is 16.6. The van der Waals surface area contributed by atoms with E-state index in [1.165, 1.54) is 11.1 Å². The number of hydrogen-bond acceptors (Lipinski definition) is 4. The van der Waals surface area contributed by atoms with E-state index in [1.807, 2.05) is 0 Å². The molecule has 0 aromatic heterocycles. The Morgan fingerprint density at radius 3 is 2.58 bits per heavy atom. The summed E-state index contributed by atoms with van der Waals surface area (Å²) in [5.74, 6) is -0.180. The van der Waals surface area contributed by atoms with Crippen LogP contribution in [0.3, 0.4) is 0 Å². The molecule has 0 saturated heterocycles. The van der Waals surface area contributed by atoms with E-state index >= 15 is 0 Å². The summed E-state index contributed by atoms with van der Waals surface area (Å²) in [7, 11) is 0. The van der Waals surface area contributed by atoms with Crippen molar-refractivity contribution in [2.75, 3.05) is 26.4 Å². The fourth-order valence-corrected chi connectivity index (χ4v) is 1.50. The number of esters is 1. The molecule has 106 valence electrons. The lowest BCUT2D eigenvalue weighted by Crippen LogP contribution is -2.20. The number of ether oxygens (including phenoxy) is 2. The number of hydrogen-bond donors (Lipinski definition) is 1. The highest BCUT2D eigenvalue weighted by Gasteiger charge is 1.97. The molecule has 19 heavy (non-hydrogen) atoms. The van der Waals surface area contributed by atoms with Crippen molar-refractivity contribution in [1.29, 1.82) is 0 Å². The highest BCUT2D eigenvalue weighted by molar-refractivity contribution is 5.68. The molecule has 0 fully saturated rings. The van der Waals surface area contributed by atoms with Crippen LogP contribution in [0.1, 0.15) is 24.5 Å². The first-order valence-corrected chi connectivity index (χ1v) is 6.72. The van der Waals surface area contributed by atoms with Crippen molar-refractivity contribution in [2.24, 2.45) is 0 Å². The maximum atomic E-state index is 10.8. The van der Waals surface area contributed by atoms with Crippen molar-refractivity contribution in [1.82, 2.24) is 5.32 Å². The minimum atomic E-state index is -0.180. The summed E-state index contributed by atoms with van der Waals surface area (Å²) in [5, 5.41) is 3.30. The van der Waals surface area contributed by atoms with Gasteiger partial charge in [-0.2, -0.15) is 0 Å². The number of carbonyl (C=O) groups excluding carboxylic acids is 1. The third-order valence-electron chi connectivity index (χ3n) is 2.65.